The number of hydrogen-bond donors (Lipinski definition) is 3. The molecule has 0 saturated carbocycles. The first kappa shape index (κ1) is 33.6. The molecule has 0 saturated heterocycles. The number of aryl methyl sites for hydroxylation is 4. The van der Waals surface area contributed by atoms with E-state index in [1.54, 1.807) is 0 Å². The van der Waals surface area contributed by atoms with Gasteiger partial charge in [-0.05, 0) is 117 Å². The van der Waals surface area contributed by atoms with Crippen molar-refractivity contribution in [3.8, 4) is 17.2 Å². The van der Waals surface area contributed by atoms with Gasteiger partial charge in [-0.25, -0.2) is 0 Å². The van der Waals surface area contributed by atoms with Crippen molar-refractivity contribution in [3.05, 3.63) is 86.5 Å². The van der Waals surface area contributed by atoms with Gasteiger partial charge in [-0.1, -0.05) is 101 Å². The van der Waals surface area contributed by atoms with Crippen LogP contribution in [0.5, 0.6) is 17.2 Å². The lowest BCUT2D eigenvalue weighted by Crippen LogP contribution is -2.17. The molecule has 3 aromatic rings. The van der Waals surface area contributed by atoms with Gasteiger partial charge in [0.15, 0.2) is 0 Å². The van der Waals surface area contributed by atoms with E-state index in [4.69, 9.17) is 0 Å². The molecule has 0 aliphatic carbocycles. The first-order chi connectivity index (χ1) is 19.3. The van der Waals surface area contributed by atoms with Gasteiger partial charge in [0.1, 0.15) is 17.2 Å². The molecule has 0 unspecified atom stereocenters. The van der Waals surface area contributed by atoms with Gasteiger partial charge in [0.05, 0.1) is 0 Å². The largest absolute Gasteiger partial charge is 0.508 e. The molecule has 0 heterocycles. The zero-order valence-corrected chi connectivity index (χ0v) is 28.4. The van der Waals surface area contributed by atoms with E-state index in [9.17, 15) is 15.3 Å². The quantitative estimate of drug-likeness (QED) is 0.252. The molecular weight excluding hydrogens is 516 g/mol. The highest BCUT2D eigenvalue weighted by Gasteiger charge is 2.29. The lowest BCUT2D eigenvalue weighted by atomic mass is 9.75. The fourth-order valence-corrected chi connectivity index (χ4v) is 6.38. The lowest BCUT2D eigenvalue weighted by Gasteiger charge is -2.30. The molecule has 230 valence electrons. The van der Waals surface area contributed by atoms with E-state index in [1.165, 1.54) is 22.3 Å². The summed E-state index contributed by atoms with van der Waals surface area (Å²) in [6.45, 7) is 25.8. The Morgan fingerprint density at radius 1 is 0.476 bits per heavy atom. The fourth-order valence-electron chi connectivity index (χ4n) is 6.38. The van der Waals surface area contributed by atoms with Gasteiger partial charge in [0, 0.05) is 5.92 Å². The van der Waals surface area contributed by atoms with Crippen LogP contribution in [-0.4, -0.2) is 15.3 Å². The van der Waals surface area contributed by atoms with E-state index in [1.807, 2.05) is 18.2 Å². The maximum absolute atomic E-state index is 11.1. The topological polar surface area (TPSA) is 60.7 Å². The number of rotatable bonds is 8. The van der Waals surface area contributed by atoms with Crippen LogP contribution in [0.3, 0.4) is 0 Å². The predicted octanol–water partition coefficient (Wildman–Crippen LogP) is 10.1. The molecule has 0 amide bonds. The van der Waals surface area contributed by atoms with Crippen molar-refractivity contribution < 1.29 is 15.3 Å². The van der Waals surface area contributed by atoms with E-state index in [2.05, 4.69) is 101 Å². The van der Waals surface area contributed by atoms with Crippen molar-refractivity contribution in [1.29, 1.82) is 0 Å². The van der Waals surface area contributed by atoms with E-state index >= 15 is 0 Å². The van der Waals surface area contributed by atoms with Crippen LogP contribution >= 0.6 is 0 Å². The molecule has 0 aliphatic heterocycles. The second-order valence-electron chi connectivity index (χ2n) is 15.2. The summed E-state index contributed by atoms with van der Waals surface area (Å²) in [6, 6.07) is 12.7. The van der Waals surface area contributed by atoms with Gasteiger partial charge in [0.2, 0.25) is 0 Å². The fraction of sp³-hybridized carbons (Fsp3) is 0.538. The first-order valence-electron chi connectivity index (χ1n) is 15.9. The van der Waals surface area contributed by atoms with E-state index in [0.717, 1.165) is 59.9 Å². The Balaban J connectivity index is 2.33. The molecule has 0 bridgehead atoms. The molecule has 3 nitrogen and oxygen atoms in total. The Labute approximate surface area is 256 Å². The zero-order chi connectivity index (χ0) is 31.8. The molecule has 3 rings (SSSR count). The molecule has 0 aromatic heterocycles. The van der Waals surface area contributed by atoms with Gasteiger partial charge in [-0.2, -0.15) is 0 Å². The van der Waals surface area contributed by atoms with Crippen LogP contribution in [0.25, 0.3) is 0 Å². The van der Waals surface area contributed by atoms with Crippen LogP contribution in [0.2, 0.25) is 0 Å². The third-order valence-electron chi connectivity index (χ3n) is 8.85. The van der Waals surface area contributed by atoms with E-state index in [0.29, 0.717) is 17.2 Å². The minimum Gasteiger partial charge on any atom is -0.508 e. The van der Waals surface area contributed by atoms with Gasteiger partial charge < -0.3 is 15.3 Å². The van der Waals surface area contributed by atoms with Crippen molar-refractivity contribution in [3.63, 3.8) is 0 Å². The molecule has 3 heteroatoms. The number of hydrogen-bond acceptors (Lipinski definition) is 3. The van der Waals surface area contributed by atoms with Crippen LogP contribution in [0.4, 0.5) is 0 Å². The number of benzene rings is 3. The molecule has 0 aliphatic rings. The monoisotopic (exact) mass is 572 g/mol. The van der Waals surface area contributed by atoms with Gasteiger partial charge >= 0.3 is 0 Å². The van der Waals surface area contributed by atoms with E-state index < -0.39 is 0 Å². The van der Waals surface area contributed by atoms with Crippen LogP contribution in [0.1, 0.15) is 145 Å². The molecule has 0 spiro atoms. The Kier molecular flexibility index (Phi) is 9.87. The minimum absolute atomic E-state index is 0.0786. The standard InChI is InChI=1S/C39H56O3/c1-13-24-19-34(40)31(37(4,5)6)18-27(24)16-17-28(29-22-32(38(7,8)9)35(41)20-25(29)14-2)30-23-33(39(10,11)12)36(42)21-26(30)15-3/h18-23,28,40-42H,13-17H2,1-12H3. The van der Waals surface area contributed by atoms with Crippen molar-refractivity contribution in [2.45, 2.75) is 137 Å². The van der Waals surface area contributed by atoms with Crippen molar-refractivity contribution in [2.75, 3.05) is 0 Å². The average Bonchev–Trinajstić information content (AvgIpc) is 2.87. The van der Waals surface area contributed by atoms with Gasteiger partial charge in [0.25, 0.3) is 0 Å². The summed E-state index contributed by atoms with van der Waals surface area (Å²) >= 11 is 0. The molecule has 0 radical (unpaired) electrons. The number of phenolic OH excluding ortho intramolecular Hbond substituents is 3. The molecular formula is C39H56O3. The SMILES string of the molecule is CCc1cc(O)c(C(C)(C)C)cc1CCC(c1cc(C(C)(C)C)c(O)cc1CC)c1cc(C(C)(C)C)c(O)cc1CC. The highest BCUT2D eigenvalue weighted by molar-refractivity contribution is 5.54. The summed E-state index contributed by atoms with van der Waals surface area (Å²) in [5, 5.41) is 33.0. The molecule has 42 heavy (non-hydrogen) atoms. The first-order valence-corrected chi connectivity index (χ1v) is 15.9. The Bertz CT molecular complexity index is 1340. The van der Waals surface area contributed by atoms with Crippen LogP contribution in [0, 0.1) is 0 Å². The van der Waals surface area contributed by atoms with Crippen LogP contribution in [0.15, 0.2) is 36.4 Å². The smallest absolute Gasteiger partial charge is 0.119 e. The minimum atomic E-state index is -0.206. The molecule has 0 atom stereocenters. The lowest BCUT2D eigenvalue weighted by molar-refractivity contribution is 0.444. The molecule has 3 N–H and O–H groups in total. The van der Waals surface area contributed by atoms with E-state index in [-0.39, 0.29) is 22.2 Å². The third kappa shape index (κ3) is 7.16. The summed E-state index contributed by atoms with van der Waals surface area (Å²) in [7, 11) is 0. The molecule has 0 fully saturated rings. The highest BCUT2D eigenvalue weighted by atomic mass is 16.3. The molecule has 3 aromatic carbocycles. The summed E-state index contributed by atoms with van der Waals surface area (Å²) in [5.74, 6) is 1.18. The van der Waals surface area contributed by atoms with Gasteiger partial charge in [-0.15, -0.1) is 0 Å². The summed E-state index contributed by atoms with van der Waals surface area (Å²) < 4.78 is 0. The highest BCUT2D eigenvalue weighted by Crippen LogP contribution is 2.44. The maximum Gasteiger partial charge on any atom is 0.119 e. The second-order valence-corrected chi connectivity index (χ2v) is 15.2. The second kappa shape index (κ2) is 12.3. The van der Waals surface area contributed by atoms with Crippen molar-refractivity contribution in [1.82, 2.24) is 0 Å². The Hall–Kier alpha value is -2.94. The van der Waals surface area contributed by atoms with Gasteiger partial charge in [-0.3, -0.25) is 0 Å². The summed E-state index contributed by atoms with van der Waals surface area (Å²) in [6.07, 6.45) is 4.25. The van der Waals surface area contributed by atoms with Crippen LogP contribution < -0.4 is 0 Å². The summed E-state index contributed by atoms with van der Waals surface area (Å²) in [4.78, 5) is 0. The average molecular weight is 573 g/mol. The zero-order valence-electron chi connectivity index (χ0n) is 28.4. The number of phenols is 3. The Morgan fingerprint density at radius 3 is 1.14 bits per heavy atom. The number of aromatic hydroxyl groups is 3. The van der Waals surface area contributed by atoms with Crippen molar-refractivity contribution in [2.24, 2.45) is 0 Å². The van der Waals surface area contributed by atoms with Crippen LogP contribution in [-0.2, 0) is 41.9 Å². The predicted molar refractivity (Wildman–Crippen MR) is 179 cm³/mol. The summed E-state index contributed by atoms with van der Waals surface area (Å²) in [5.41, 5.74) is 9.64. The third-order valence-corrected chi connectivity index (χ3v) is 8.85. The van der Waals surface area contributed by atoms with Crippen molar-refractivity contribution >= 4 is 0 Å². The Morgan fingerprint density at radius 2 is 0.810 bits per heavy atom. The normalized spacial score (nSPS) is 12.8. The maximum atomic E-state index is 11.1.